The zero-order valence-corrected chi connectivity index (χ0v) is 17.3. The Morgan fingerprint density at radius 1 is 0.815 bits per heavy atom. The highest BCUT2D eigenvalue weighted by Crippen LogP contribution is 2.21. The summed E-state index contributed by atoms with van der Waals surface area (Å²) in [5, 5.41) is 10.6. The molecule has 2 aromatic rings. The molecule has 0 spiro atoms. The second-order valence-electron chi connectivity index (χ2n) is 7.73. The predicted octanol–water partition coefficient (Wildman–Crippen LogP) is 6.81. The second-order valence-corrected chi connectivity index (χ2v) is 7.73. The molecule has 3 heteroatoms. The van der Waals surface area contributed by atoms with Gasteiger partial charge in [0.15, 0.2) is 0 Å². The Balaban J connectivity index is 1.46. The summed E-state index contributed by atoms with van der Waals surface area (Å²) in [6.07, 6.45) is 18.4. The molecule has 27 heavy (non-hydrogen) atoms. The minimum absolute atomic E-state index is 0.0756. The van der Waals surface area contributed by atoms with E-state index in [1.807, 2.05) is 18.3 Å². The lowest BCUT2D eigenvalue weighted by Crippen LogP contribution is -2.02. The number of rotatable bonds is 16. The van der Waals surface area contributed by atoms with Crippen molar-refractivity contribution in [1.29, 1.82) is 0 Å². The van der Waals surface area contributed by atoms with Gasteiger partial charge in [-0.2, -0.15) is 0 Å². The molecule has 0 saturated carbocycles. The molecule has 0 aliphatic rings. The number of hydrogen-bond acceptors (Lipinski definition) is 2. The van der Waals surface area contributed by atoms with E-state index in [1.54, 1.807) is 0 Å². The van der Waals surface area contributed by atoms with E-state index in [0.29, 0.717) is 6.73 Å². The van der Waals surface area contributed by atoms with Crippen molar-refractivity contribution in [3.63, 3.8) is 0 Å². The molecule has 0 aliphatic heterocycles. The Morgan fingerprint density at radius 2 is 1.41 bits per heavy atom. The van der Waals surface area contributed by atoms with E-state index < -0.39 is 0 Å². The fourth-order valence-electron chi connectivity index (χ4n) is 3.76. The van der Waals surface area contributed by atoms with E-state index in [-0.39, 0.29) is 6.61 Å². The molecular formula is C24H39NO2. The summed E-state index contributed by atoms with van der Waals surface area (Å²) in [7, 11) is 0. The Bertz CT molecular complexity index is 620. The molecule has 0 fully saturated rings. The number of para-hydroxylation sites is 1. The highest BCUT2D eigenvalue weighted by Gasteiger charge is 2.06. The van der Waals surface area contributed by atoms with Crippen molar-refractivity contribution in [3.8, 4) is 0 Å². The molecule has 1 N–H and O–H groups in total. The quantitative estimate of drug-likeness (QED) is 0.328. The summed E-state index contributed by atoms with van der Waals surface area (Å²) in [6, 6.07) is 8.19. The van der Waals surface area contributed by atoms with Crippen molar-refractivity contribution < 1.29 is 9.84 Å². The fraction of sp³-hybridized carbons (Fsp3) is 0.667. The average molecular weight is 374 g/mol. The van der Waals surface area contributed by atoms with Crippen LogP contribution in [0.3, 0.4) is 0 Å². The molecule has 152 valence electrons. The number of ether oxygens (including phenoxy) is 1. The van der Waals surface area contributed by atoms with Crippen LogP contribution in [0.15, 0.2) is 30.5 Å². The van der Waals surface area contributed by atoms with Gasteiger partial charge in [0.1, 0.15) is 6.73 Å². The van der Waals surface area contributed by atoms with Gasteiger partial charge >= 0.3 is 0 Å². The van der Waals surface area contributed by atoms with Gasteiger partial charge in [0.25, 0.3) is 0 Å². The third kappa shape index (κ3) is 8.06. The van der Waals surface area contributed by atoms with Crippen LogP contribution in [-0.2, 0) is 18.1 Å². The molecule has 0 unspecified atom stereocenters. The van der Waals surface area contributed by atoms with Crippen LogP contribution in [-0.4, -0.2) is 16.3 Å². The van der Waals surface area contributed by atoms with Gasteiger partial charge in [-0.1, -0.05) is 95.8 Å². The van der Waals surface area contributed by atoms with Gasteiger partial charge in [0.2, 0.25) is 0 Å². The Kier molecular flexibility index (Phi) is 11.2. The van der Waals surface area contributed by atoms with Crippen molar-refractivity contribution in [3.05, 3.63) is 36.0 Å². The fourth-order valence-corrected chi connectivity index (χ4v) is 3.76. The lowest BCUT2D eigenvalue weighted by atomic mass is 10.1. The molecule has 1 aromatic carbocycles. The van der Waals surface area contributed by atoms with Gasteiger partial charge in [-0.3, -0.25) is 0 Å². The summed E-state index contributed by atoms with van der Waals surface area (Å²) >= 11 is 0. The number of benzene rings is 1. The lowest BCUT2D eigenvalue weighted by molar-refractivity contribution is 0.0764. The maximum atomic E-state index is 9.49. The zero-order valence-electron chi connectivity index (χ0n) is 17.3. The first-order valence-electron chi connectivity index (χ1n) is 11.1. The molecule has 2 rings (SSSR count). The molecule has 0 saturated heterocycles. The van der Waals surface area contributed by atoms with Gasteiger partial charge in [0, 0.05) is 23.8 Å². The smallest absolute Gasteiger partial charge is 0.122 e. The predicted molar refractivity (Wildman–Crippen MR) is 115 cm³/mol. The average Bonchev–Trinajstić information content (AvgIpc) is 3.06. The van der Waals surface area contributed by atoms with Crippen molar-refractivity contribution in [2.75, 3.05) is 6.61 Å². The van der Waals surface area contributed by atoms with Crippen molar-refractivity contribution in [2.24, 2.45) is 0 Å². The van der Waals surface area contributed by atoms with Crippen LogP contribution >= 0.6 is 0 Å². The number of aliphatic hydroxyl groups is 1. The number of aliphatic hydroxyl groups excluding tert-OH is 1. The minimum Gasteiger partial charge on any atom is -0.392 e. The van der Waals surface area contributed by atoms with Gasteiger partial charge in [-0.25, -0.2) is 0 Å². The normalized spacial score (nSPS) is 11.5. The first kappa shape index (κ1) is 22.0. The summed E-state index contributed by atoms with van der Waals surface area (Å²) < 4.78 is 7.96. The highest BCUT2D eigenvalue weighted by atomic mass is 16.5. The molecule has 0 bridgehead atoms. The van der Waals surface area contributed by atoms with Crippen molar-refractivity contribution in [1.82, 2.24) is 4.57 Å². The molecule has 0 aliphatic carbocycles. The summed E-state index contributed by atoms with van der Waals surface area (Å²) in [6.45, 7) is 3.74. The monoisotopic (exact) mass is 373 g/mol. The van der Waals surface area contributed by atoms with Gasteiger partial charge in [-0.15, -0.1) is 0 Å². The third-order valence-electron chi connectivity index (χ3n) is 5.41. The van der Waals surface area contributed by atoms with Crippen LogP contribution in [0.2, 0.25) is 0 Å². The SMILES string of the molecule is CCCCCCCCCCCCCCOCn1cc(CO)c2ccccc21. The molecule has 0 atom stereocenters. The molecule has 0 radical (unpaired) electrons. The summed E-state index contributed by atoms with van der Waals surface area (Å²) in [4.78, 5) is 0. The maximum Gasteiger partial charge on any atom is 0.122 e. The molecule has 3 nitrogen and oxygen atoms in total. The Labute approximate surface area is 165 Å². The number of aromatic nitrogens is 1. The molecule has 1 heterocycles. The number of hydrogen-bond donors (Lipinski definition) is 1. The molecule has 1 aromatic heterocycles. The maximum absolute atomic E-state index is 9.49. The first-order chi connectivity index (χ1) is 13.4. The van der Waals surface area contributed by atoms with E-state index in [9.17, 15) is 5.11 Å². The second kappa shape index (κ2) is 13.8. The summed E-state index contributed by atoms with van der Waals surface area (Å²) in [5.41, 5.74) is 2.11. The standard InChI is InChI=1S/C24H39NO2/c1-2-3-4-5-6-7-8-9-10-11-12-15-18-27-21-25-19-22(20-26)23-16-13-14-17-24(23)25/h13-14,16-17,19,26H,2-12,15,18,20-21H2,1H3. The molecule has 0 amide bonds. The Hall–Kier alpha value is -1.32. The largest absolute Gasteiger partial charge is 0.392 e. The number of unbranched alkanes of at least 4 members (excludes halogenated alkanes) is 11. The van der Waals surface area contributed by atoms with Crippen LogP contribution in [0.25, 0.3) is 10.9 Å². The van der Waals surface area contributed by atoms with E-state index in [0.717, 1.165) is 29.5 Å². The topological polar surface area (TPSA) is 34.4 Å². The van der Waals surface area contributed by atoms with Gasteiger partial charge in [-0.05, 0) is 12.5 Å². The van der Waals surface area contributed by atoms with Crippen LogP contribution in [0.5, 0.6) is 0 Å². The zero-order chi connectivity index (χ0) is 19.2. The van der Waals surface area contributed by atoms with Gasteiger partial charge < -0.3 is 14.4 Å². The van der Waals surface area contributed by atoms with Crippen LogP contribution in [0.4, 0.5) is 0 Å². The Morgan fingerprint density at radius 3 is 2.04 bits per heavy atom. The van der Waals surface area contributed by atoms with E-state index in [2.05, 4.69) is 23.6 Å². The minimum atomic E-state index is 0.0756. The van der Waals surface area contributed by atoms with E-state index in [4.69, 9.17) is 4.74 Å². The van der Waals surface area contributed by atoms with Crippen LogP contribution in [0.1, 0.15) is 89.5 Å². The van der Waals surface area contributed by atoms with Crippen LogP contribution < -0.4 is 0 Å². The number of nitrogens with zero attached hydrogens (tertiary/aromatic N) is 1. The van der Waals surface area contributed by atoms with Crippen molar-refractivity contribution in [2.45, 2.75) is 97.3 Å². The van der Waals surface area contributed by atoms with Crippen LogP contribution in [0, 0.1) is 0 Å². The third-order valence-corrected chi connectivity index (χ3v) is 5.41. The van der Waals surface area contributed by atoms with Crippen molar-refractivity contribution >= 4 is 10.9 Å². The molecular weight excluding hydrogens is 334 g/mol. The lowest BCUT2D eigenvalue weighted by Gasteiger charge is -2.07. The van der Waals surface area contributed by atoms with Gasteiger partial charge in [0.05, 0.1) is 12.1 Å². The first-order valence-corrected chi connectivity index (χ1v) is 11.1. The number of fused-ring (bicyclic) bond motifs is 1. The highest BCUT2D eigenvalue weighted by molar-refractivity contribution is 5.83. The summed E-state index contributed by atoms with van der Waals surface area (Å²) in [5.74, 6) is 0. The van der Waals surface area contributed by atoms with E-state index in [1.165, 1.54) is 70.6 Å². The van der Waals surface area contributed by atoms with E-state index >= 15 is 0 Å².